The van der Waals surface area contributed by atoms with Crippen molar-refractivity contribution in [2.75, 3.05) is 0 Å². The summed E-state index contributed by atoms with van der Waals surface area (Å²) in [5.74, 6) is 0.415. The zero-order chi connectivity index (χ0) is 9.42. The molecule has 0 saturated carbocycles. The lowest BCUT2D eigenvalue weighted by molar-refractivity contribution is 0.786. The Kier molecular flexibility index (Phi) is 1.92. The van der Waals surface area contributed by atoms with Gasteiger partial charge < -0.3 is 4.85 Å². The maximum Gasteiger partial charge on any atom is 0.270 e. The third-order valence-corrected chi connectivity index (χ3v) is 2.59. The van der Waals surface area contributed by atoms with Gasteiger partial charge in [-0.05, 0) is 28.7 Å². The van der Waals surface area contributed by atoms with Crippen LogP contribution in [0.2, 0.25) is 0 Å². The van der Waals surface area contributed by atoms with E-state index >= 15 is 0 Å². The van der Waals surface area contributed by atoms with Crippen LogP contribution in [-0.4, -0.2) is 14.8 Å². The minimum absolute atomic E-state index is 0.415. The quantitative estimate of drug-likeness (QED) is 0.548. The Balaban J connectivity index is 2.86. The molecule has 2 rings (SSSR count). The molecular formula is C8H5IN4. The fourth-order valence-electron chi connectivity index (χ4n) is 1.16. The third kappa shape index (κ3) is 1.27. The molecule has 0 bridgehead atoms. The number of fused-ring (bicyclic) bond motifs is 1. The van der Waals surface area contributed by atoms with Gasteiger partial charge in [-0.1, -0.05) is 6.57 Å². The fraction of sp³-hybridized carbons (Fsp3) is 0.125. The second kappa shape index (κ2) is 2.96. The number of halogens is 1. The predicted octanol–water partition coefficient (Wildman–Crippen LogP) is 2.12. The molecule has 0 aliphatic heterocycles. The summed E-state index contributed by atoms with van der Waals surface area (Å²) >= 11 is 2.15. The normalized spacial score (nSPS) is 10.2. The summed E-state index contributed by atoms with van der Waals surface area (Å²) in [5.41, 5.74) is 0.955. The number of rotatable bonds is 0. The van der Waals surface area contributed by atoms with Crippen molar-refractivity contribution in [1.29, 1.82) is 0 Å². The molecule has 0 radical (unpaired) electrons. The highest BCUT2D eigenvalue weighted by atomic mass is 127. The molecule has 0 saturated heterocycles. The van der Waals surface area contributed by atoms with Crippen molar-refractivity contribution in [3.05, 3.63) is 27.4 Å². The Morgan fingerprint density at radius 3 is 3.08 bits per heavy atom. The van der Waals surface area contributed by atoms with Crippen molar-refractivity contribution < 1.29 is 0 Å². The highest BCUT2D eigenvalue weighted by molar-refractivity contribution is 14.1. The summed E-state index contributed by atoms with van der Waals surface area (Å²) in [6, 6.07) is 1.76. The van der Waals surface area contributed by atoms with E-state index in [4.69, 9.17) is 6.57 Å². The number of aromatic nitrogens is 3. The summed E-state index contributed by atoms with van der Waals surface area (Å²) in [4.78, 5) is 7.25. The molecule has 0 aliphatic rings. The van der Waals surface area contributed by atoms with Crippen molar-refractivity contribution >= 4 is 39.3 Å². The largest absolute Gasteiger partial charge is 0.361 e. The van der Waals surface area contributed by atoms with Crippen LogP contribution >= 0.6 is 22.6 Å². The van der Waals surface area contributed by atoms with Gasteiger partial charge in [-0.15, -0.1) is 4.98 Å². The summed E-state index contributed by atoms with van der Waals surface area (Å²) in [7, 11) is 1.86. The minimum Gasteiger partial charge on any atom is -0.361 e. The standard InChI is InChI=1S/C8H5IN4/c1-10-7-3-5-6(4-11-7)13(2)12-8(5)9/h3-4H,2H3. The van der Waals surface area contributed by atoms with Crippen LogP contribution < -0.4 is 0 Å². The Labute approximate surface area is 88.5 Å². The lowest BCUT2D eigenvalue weighted by Gasteiger charge is -1.90. The summed E-state index contributed by atoms with van der Waals surface area (Å²) in [6.45, 7) is 6.83. The third-order valence-electron chi connectivity index (χ3n) is 1.79. The Hall–Kier alpha value is -1.16. The van der Waals surface area contributed by atoms with Gasteiger partial charge in [0.2, 0.25) is 0 Å². The number of hydrogen-bond acceptors (Lipinski definition) is 2. The lowest BCUT2D eigenvalue weighted by atomic mass is 10.3. The van der Waals surface area contributed by atoms with Gasteiger partial charge in [0.25, 0.3) is 5.82 Å². The molecule has 64 valence electrons. The minimum atomic E-state index is 0.415. The number of nitrogens with zero attached hydrogens (tertiary/aromatic N) is 4. The summed E-state index contributed by atoms with van der Waals surface area (Å²) in [6.07, 6.45) is 1.68. The van der Waals surface area contributed by atoms with Crippen molar-refractivity contribution in [2.24, 2.45) is 7.05 Å². The second-order valence-electron chi connectivity index (χ2n) is 2.59. The van der Waals surface area contributed by atoms with Gasteiger partial charge in [0.15, 0.2) is 0 Å². The molecule has 0 unspecified atom stereocenters. The van der Waals surface area contributed by atoms with Crippen LogP contribution in [0.15, 0.2) is 12.3 Å². The molecule has 0 aliphatic carbocycles. The van der Waals surface area contributed by atoms with E-state index in [1.165, 1.54) is 0 Å². The molecule has 0 fully saturated rings. The molecule has 13 heavy (non-hydrogen) atoms. The van der Waals surface area contributed by atoms with Gasteiger partial charge in [-0.25, -0.2) is 0 Å². The average molecular weight is 284 g/mol. The highest BCUT2D eigenvalue weighted by Crippen LogP contribution is 2.22. The van der Waals surface area contributed by atoms with Crippen LogP contribution in [0.4, 0.5) is 5.82 Å². The zero-order valence-electron chi connectivity index (χ0n) is 6.82. The van der Waals surface area contributed by atoms with Gasteiger partial charge in [0, 0.05) is 12.4 Å². The van der Waals surface area contributed by atoms with E-state index in [0.29, 0.717) is 5.82 Å². The molecule has 0 N–H and O–H groups in total. The fourth-order valence-corrected chi connectivity index (χ4v) is 1.92. The monoisotopic (exact) mass is 284 g/mol. The second-order valence-corrected chi connectivity index (χ2v) is 3.61. The van der Waals surface area contributed by atoms with Crippen molar-refractivity contribution in [3.63, 3.8) is 0 Å². The molecule has 0 atom stereocenters. The predicted molar refractivity (Wildman–Crippen MR) is 57.5 cm³/mol. The van der Waals surface area contributed by atoms with Gasteiger partial charge in [-0.2, -0.15) is 5.10 Å². The highest BCUT2D eigenvalue weighted by Gasteiger charge is 2.07. The number of hydrogen-bond donors (Lipinski definition) is 0. The molecule has 2 aromatic heterocycles. The van der Waals surface area contributed by atoms with Crippen LogP contribution in [0.5, 0.6) is 0 Å². The maximum atomic E-state index is 6.83. The van der Waals surface area contributed by atoms with E-state index in [9.17, 15) is 0 Å². The van der Waals surface area contributed by atoms with Crippen molar-refractivity contribution in [2.45, 2.75) is 0 Å². The van der Waals surface area contributed by atoms with Gasteiger partial charge in [-0.3, -0.25) is 4.68 Å². The first-order chi connectivity index (χ1) is 6.22. The molecule has 0 amide bonds. The van der Waals surface area contributed by atoms with Crippen LogP contribution in [-0.2, 0) is 7.05 Å². The Morgan fingerprint density at radius 2 is 2.38 bits per heavy atom. The first-order valence-corrected chi connectivity index (χ1v) is 4.66. The molecule has 5 heteroatoms. The van der Waals surface area contributed by atoms with Gasteiger partial charge in [0.05, 0.1) is 0 Å². The first kappa shape index (κ1) is 8.44. The number of aryl methyl sites for hydroxylation is 1. The molecule has 2 aromatic rings. The SMILES string of the molecule is [C-]#[N+]c1cc2c(I)nn(C)c2cn1. The van der Waals surface area contributed by atoms with Crippen LogP contribution in [0.3, 0.4) is 0 Å². The summed E-state index contributed by atoms with van der Waals surface area (Å²) in [5, 5.41) is 5.22. The van der Waals surface area contributed by atoms with Gasteiger partial charge >= 0.3 is 0 Å². The van der Waals surface area contributed by atoms with Crippen molar-refractivity contribution in [3.8, 4) is 0 Å². The topological polar surface area (TPSA) is 35.1 Å². The summed E-state index contributed by atoms with van der Waals surface area (Å²) < 4.78 is 2.67. The lowest BCUT2D eigenvalue weighted by Crippen LogP contribution is -1.89. The average Bonchev–Trinajstić information content (AvgIpc) is 2.42. The van der Waals surface area contributed by atoms with E-state index in [2.05, 4.69) is 37.5 Å². The molecular weight excluding hydrogens is 279 g/mol. The Bertz CT molecular complexity index is 509. The molecule has 0 aromatic carbocycles. The Morgan fingerprint density at radius 1 is 1.62 bits per heavy atom. The molecule has 4 nitrogen and oxygen atoms in total. The number of pyridine rings is 1. The zero-order valence-corrected chi connectivity index (χ0v) is 8.98. The van der Waals surface area contributed by atoms with Crippen LogP contribution in [0, 0.1) is 10.3 Å². The molecule has 2 heterocycles. The van der Waals surface area contributed by atoms with Crippen LogP contribution in [0.25, 0.3) is 15.7 Å². The smallest absolute Gasteiger partial charge is 0.270 e. The first-order valence-electron chi connectivity index (χ1n) is 3.58. The molecule has 0 spiro atoms. The van der Waals surface area contributed by atoms with E-state index in [0.717, 1.165) is 14.6 Å². The van der Waals surface area contributed by atoms with Crippen molar-refractivity contribution in [1.82, 2.24) is 14.8 Å². The van der Waals surface area contributed by atoms with E-state index in [1.54, 1.807) is 16.9 Å². The maximum absolute atomic E-state index is 6.83. The van der Waals surface area contributed by atoms with Crippen LogP contribution in [0.1, 0.15) is 0 Å². The van der Waals surface area contributed by atoms with Gasteiger partial charge in [0.1, 0.15) is 15.4 Å². The van der Waals surface area contributed by atoms with E-state index in [-0.39, 0.29) is 0 Å². The van der Waals surface area contributed by atoms with E-state index < -0.39 is 0 Å². The van der Waals surface area contributed by atoms with E-state index in [1.807, 2.05) is 7.05 Å².